The first-order valence-electron chi connectivity index (χ1n) is 6.39. The summed E-state index contributed by atoms with van der Waals surface area (Å²) in [5.41, 5.74) is 0. The van der Waals surface area contributed by atoms with E-state index in [1.165, 1.54) is 24.2 Å². The maximum Gasteiger partial charge on any atom is 0.139 e. The van der Waals surface area contributed by atoms with Gasteiger partial charge in [-0.15, -0.1) is 11.8 Å². The van der Waals surface area contributed by atoms with Gasteiger partial charge in [-0.1, -0.05) is 6.92 Å². The van der Waals surface area contributed by atoms with E-state index in [1.54, 1.807) is 6.07 Å². The molecule has 0 heterocycles. The molecule has 4 heteroatoms. The Balaban J connectivity index is 2.10. The third-order valence-corrected chi connectivity index (χ3v) is 5.01. The Morgan fingerprint density at radius 1 is 1.28 bits per heavy atom. The molecule has 2 rings (SSSR count). The SMILES string of the molecule is CNC1CCC(C)CC1Sc1ccc(F)cc1F. The fourth-order valence-corrected chi connectivity index (χ4v) is 4.03. The second-order valence-corrected chi connectivity index (χ2v) is 6.33. The highest BCUT2D eigenvalue weighted by Gasteiger charge is 2.28. The van der Waals surface area contributed by atoms with Crippen molar-refractivity contribution < 1.29 is 8.78 Å². The van der Waals surface area contributed by atoms with Crippen molar-refractivity contribution in [3.05, 3.63) is 29.8 Å². The van der Waals surface area contributed by atoms with Gasteiger partial charge in [0.25, 0.3) is 0 Å². The van der Waals surface area contributed by atoms with Crippen LogP contribution in [-0.2, 0) is 0 Å². The van der Waals surface area contributed by atoms with Crippen LogP contribution in [0, 0.1) is 17.6 Å². The van der Waals surface area contributed by atoms with Crippen molar-refractivity contribution in [2.75, 3.05) is 7.05 Å². The molecule has 1 aliphatic rings. The van der Waals surface area contributed by atoms with E-state index in [2.05, 4.69) is 12.2 Å². The van der Waals surface area contributed by atoms with Gasteiger partial charge in [0.15, 0.2) is 0 Å². The van der Waals surface area contributed by atoms with E-state index in [-0.39, 0.29) is 0 Å². The standard InChI is InChI=1S/C14H19F2NS/c1-9-3-5-12(17-2)14(7-9)18-13-6-4-10(15)8-11(13)16/h4,6,8-9,12,14,17H,3,5,7H2,1-2H3. The molecule has 1 N–H and O–H groups in total. The molecule has 1 nitrogen and oxygen atoms in total. The smallest absolute Gasteiger partial charge is 0.139 e. The zero-order valence-corrected chi connectivity index (χ0v) is 11.6. The van der Waals surface area contributed by atoms with Crippen molar-refractivity contribution in [3.63, 3.8) is 0 Å². The molecule has 0 spiro atoms. The molecule has 0 aliphatic heterocycles. The third-order valence-electron chi connectivity index (χ3n) is 3.60. The molecule has 0 radical (unpaired) electrons. The van der Waals surface area contributed by atoms with Crippen molar-refractivity contribution in [2.45, 2.75) is 42.4 Å². The highest BCUT2D eigenvalue weighted by Crippen LogP contribution is 2.37. The van der Waals surface area contributed by atoms with Gasteiger partial charge in [-0.25, -0.2) is 8.78 Å². The predicted octanol–water partition coefficient (Wildman–Crippen LogP) is 3.83. The number of rotatable bonds is 3. The summed E-state index contributed by atoms with van der Waals surface area (Å²) in [6, 6.07) is 4.24. The highest BCUT2D eigenvalue weighted by atomic mass is 32.2. The molecule has 1 aromatic rings. The van der Waals surface area contributed by atoms with Crippen LogP contribution in [0.2, 0.25) is 0 Å². The molecule has 1 aromatic carbocycles. The largest absolute Gasteiger partial charge is 0.316 e. The zero-order chi connectivity index (χ0) is 13.1. The quantitative estimate of drug-likeness (QED) is 0.896. The summed E-state index contributed by atoms with van der Waals surface area (Å²) in [6.07, 6.45) is 3.42. The minimum absolute atomic E-state index is 0.360. The molecule has 1 saturated carbocycles. The van der Waals surface area contributed by atoms with Gasteiger partial charge >= 0.3 is 0 Å². The second kappa shape index (κ2) is 6.02. The average molecular weight is 271 g/mol. The summed E-state index contributed by atoms with van der Waals surface area (Å²) in [5, 5.41) is 3.67. The van der Waals surface area contributed by atoms with Crippen LogP contribution in [0.5, 0.6) is 0 Å². The van der Waals surface area contributed by atoms with E-state index in [4.69, 9.17) is 0 Å². The first-order chi connectivity index (χ1) is 8.60. The summed E-state index contributed by atoms with van der Waals surface area (Å²) in [7, 11) is 1.95. The first kappa shape index (κ1) is 13.8. The lowest BCUT2D eigenvalue weighted by Gasteiger charge is -2.34. The lowest BCUT2D eigenvalue weighted by atomic mass is 9.87. The van der Waals surface area contributed by atoms with Gasteiger partial charge in [0, 0.05) is 22.3 Å². The van der Waals surface area contributed by atoms with Crippen molar-refractivity contribution in [1.29, 1.82) is 0 Å². The average Bonchev–Trinajstić information content (AvgIpc) is 2.33. The minimum atomic E-state index is -0.515. The van der Waals surface area contributed by atoms with Gasteiger partial charge < -0.3 is 5.32 Å². The fourth-order valence-electron chi connectivity index (χ4n) is 2.52. The van der Waals surface area contributed by atoms with Gasteiger partial charge in [-0.2, -0.15) is 0 Å². The van der Waals surface area contributed by atoms with Crippen molar-refractivity contribution in [1.82, 2.24) is 5.32 Å². The van der Waals surface area contributed by atoms with Gasteiger partial charge in [0.1, 0.15) is 11.6 Å². The van der Waals surface area contributed by atoms with Crippen LogP contribution in [0.15, 0.2) is 23.1 Å². The molecular weight excluding hydrogens is 252 g/mol. The second-order valence-electron chi connectivity index (χ2n) is 5.04. The third kappa shape index (κ3) is 3.23. The van der Waals surface area contributed by atoms with Crippen LogP contribution in [0.4, 0.5) is 8.78 Å². The molecular formula is C14H19F2NS. The summed E-state index contributed by atoms with van der Waals surface area (Å²) in [5.74, 6) is -0.289. The lowest BCUT2D eigenvalue weighted by molar-refractivity contribution is 0.329. The Kier molecular flexibility index (Phi) is 4.62. The fraction of sp³-hybridized carbons (Fsp3) is 0.571. The van der Waals surface area contributed by atoms with Crippen molar-refractivity contribution >= 4 is 11.8 Å². The first-order valence-corrected chi connectivity index (χ1v) is 7.27. The normalized spacial score (nSPS) is 28.3. The van der Waals surface area contributed by atoms with Gasteiger partial charge in [0.05, 0.1) is 0 Å². The maximum atomic E-state index is 13.7. The molecule has 1 fully saturated rings. The van der Waals surface area contributed by atoms with E-state index in [9.17, 15) is 8.78 Å². The van der Waals surface area contributed by atoms with E-state index < -0.39 is 11.6 Å². The van der Waals surface area contributed by atoms with Crippen LogP contribution in [0.1, 0.15) is 26.2 Å². The van der Waals surface area contributed by atoms with Gasteiger partial charge in [0.2, 0.25) is 0 Å². The Hall–Kier alpha value is -0.610. The monoisotopic (exact) mass is 271 g/mol. The van der Waals surface area contributed by atoms with Crippen LogP contribution in [0.3, 0.4) is 0 Å². The molecule has 0 aromatic heterocycles. The van der Waals surface area contributed by atoms with E-state index in [0.29, 0.717) is 22.1 Å². The molecule has 18 heavy (non-hydrogen) atoms. The minimum Gasteiger partial charge on any atom is -0.316 e. The number of hydrogen-bond acceptors (Lipinski definition) is 2. The zero-order valence-electron chi connectivity index (χ0n) is 10.7. The number of halogens is 2. The summed E-state index contributed by atoms with van der Waals surface area (Å²) >= 11 is 1.53. The topological polar surface area (TPSA) is 12.0 Å². The molecule has 3 unspecified atom stereocenters. The van der Waals surface area contributed by atoms with Crippen molar-refractivity contribution in [2.24, 2.45) is 5.92 Å². The van der Waals surface area contributed by atoms with Crippen LogP contribution in [-0.4, -0.2) is 18.3 Å². The van der Waals surface area contributed by atoms with E-state index >= 15 is 0 Å². The van der Waals surface area contributed by atoms with Crippen molar-refractivity contribution in [3.8, 4) is 0 Å². The molecule has 0 saturated heterocycles. The predicted molar refractivity (Wildman–Crippen MR) is 71.9 cm³/mol. The number of benzene rings is 1. The molecule has 0 amide bonds. The summed E-state index contributed by atoms with van der Waals surface area (Å²) < 4.78 is 26.5. The van der Waals surface area contributed by atoms with Crippen LogP contribution in [0.25, 0.3) is 0 Å². The van der Waals surface area contributed by atoms with Gasteiger partial charge in [-0.3, -0.25) is 0 Å². The van der Waals surface area contributed by atoms with Crippen LogP contribution >= 0.6 is 11.8 Å². The Labute approximate surface area is 111 Å². The Morgan fingerprint density at radius 3 is 2.72 bits per heavy atom. The Bertz CT molecular complexity index is 411. The van der Waals surface area contributed by atoms with Crippen LogP contribution < -0.4 is 5.32 Å². The molecule has 100 valence electrons. The summed E-state index contributed by atoms with van der Waals surface area (Å²) in [4.78, 5) is 0.552. The Morgan fingerprint density at radius 2 is 2.06 bits per heavy atom. The number of nitrogens with one attached hydrogen (secondary N) is 1. The summed E-state index contributed by atoms with van der Waals surface area (Å²) in [6.45, 7) is 2.24. The molecule has 1 aliphatic carbocycles. The number of thioether (sulfide) groups is 1. The highest BCUT2D eigenvalue weighted by molar-refractivity contribution is 8.00. The number of hydrogen-bond donors (Lipinski definition) is 1. The van der Waals surface area contributed by atoms with E-state index in [1.807, 2.05) is 7.05 Å². The lowest BCUT2D eigenvalue weighted by Crippen LogP contribution is -2.40. The molecule has 0 bridgehead atoms. The maximum absolute atomic E-state index is 13.7. The van der Waals surface area contributed by atoms with Gasteiger partial charge in [-0.05, 0) is 44.4 Å². The molecule has 3 atom stereocenters. The van der Waals surface area contributed by atoms with E-state index in [0.717, 1.165) is 18.9 Å².